The quantitative estimate of drug-likeness (QED) is 0.639. The highest BCUT2D eigenvalue weighted by Crippen LogP contribution is 2.25. The predicted octanol–water partition coefficient (Wildman–Crippen LogP) is 2.23. The third-order valence-corrected chi connectivity index (χ3v) is 5.36. The molecule has 2 aromatic heterocycles. The fourth-order valence-corrected chi connectivity index (χ4v) is 3.66. The number of amides is 2. The Morgan fingerprint density at radius 3 is 2.64 bits per heavy atom. The molecule has 2 amide bonds. The van der Waals surface area contributed by atoms with Gasteiger partial charge in [0, 0.05) is 37.5 Å². The second kappa shape index (κ2) is 9.33. The Labute approximate surface area is 192 Å². The van der Waals surface area contributed by atoms with Gasteiger partial charge in [0.25, 0.3) is 5.91 Å². The van der Waals surface area contributed by atoms with E-state index in [1.165, 1.54) is 0 Å². The topological polar surface area (TPSA) is 115 Å². The van der Waals surface area contributed by atoms with Gasteiger partial charge in [-0.2, -0.15) is 0 Å². The first-order chi connectivity index (χ1) is 15.8. The number of ether oxygens (including phenoxy) is 1. The molecule has 1 atom stereocenters. The number of primary amides is 1. The van der Waals surface area contributed by atoms with Crippen molar-refractivity contribution in [1.29, 1.82) is 0 Å². The Morgan fingerprint density at radius 2 is 1.88 bits per heavy atom. The van der Waals surface area contributed by atoms with Gasteiger partial charge in [0.1, 0.15) is 11.8 Å². The van der Waals surface area contributed by atoms with Gasteiger partial charge in [-0.1, -0.05) is 18.2 Å². The molecule has 3 aromatic rings. The summed E-state index contributed by atoms with van der Waals surface area (Å²) in [5.74, 6) is -0.159. The molecule has 170 valence electrons. The normalized spacial score (nSPS) is 15.8. The first kappa shape index (κ1) is 22.3. The number of carbonyl (C=O) groups excluding carboxylic acids is 2. The van der Waals surface area contributed by atoms with Crippen LogP contribution in [-0.2, 0) is 4.74 Å². The number of nitrogens with zero attached hydrogens (tertiary/aromatic N) is 5. The zero-order chi connectivity index (χ0) is 23.5. The second-order valence-electron chi connectivity index (χ2n) is 8.09. The average Bonchev–Trinajstić information content (AvgIpc) is 2.83. The number of pyridine rings is 1. The average molecular weight is 447 g/mol. The summed E-state index contributed by atoms with van der Waals surface area (Å²) < 4.78 is 5.95. The Morgan fingerprint density at radius 1 is 1.09 bits per heavy atom. The number of aryl methyl sites for hydroxylation is 1. The van der Waals surface area contributed by atoms with E-state index in [2.05, 4.69) is 9.97 Å². The van der Waals surface area contributed by atoms with Crippen LogP contribution >= 0.6 is 0 Å². The zero-order valence-electron chi connectivity index (χ0n) is 18.9. The second-order valence-corrected chi connectivity index (χ2v) is 8.09. The SMILES string of the molecule is Cc1cc(C(=O)N2CCO[C@@H](c3cccc(-c4cccc(C(N)=O)c4)n3)C2)nc(N(C)C)n1. The summed E-state index contributed by atoms with van der Waals surface area (Å²) in [6, 6.07) is 14.3. The lowest BCUT2D eigenvalue weighted by atomic mass is 10.1. The minimum Gasteiger partial charge on any atom is -0.368 e. The molecule has 0 bridgehead atoms. The molecular formula is C24H26N6O3. The van der Waals surface area contributed by atoms with Crippen molar-refractivity contribution in [3.05, 3.63) is 71.2 Å². The number of nitrogens with two attached hydrogens (primary N) is 1. The summed E-state index contributed by atoms with van der Waals surface area (Å²) in [7, 11) is 3.68. The maximum Gasteiger partial charge on any atom is 0.272 e. The smallest absolute Gasteiger partial charge is 0.272 e. The van der Waals surface area contributed by atoms with Crippen LogP contribution in [0, 0.1) is 6.92 Å². The van der Waals surface area contributed by atoms with Crippen LogP contribution in [0.5, 0.6) is 0 Å². The monoisotopic (exact) mass is 446 g/mol. The van der Waals surface area contributed by atoms with Gasteiger partial charge in [-0.05, 0) is 37.3 Å². The van der Waals surface area contributed by atoms with Gasteiger partial charge < -0.3 is 20.3 Å². The number of hydrogen-bond donors (Lipinski definition) is 1. The molecule has 1 saturated heterocycles. The van der Waals surface area contributed by atoms with Crippen LogP contribution in [0.25, 0.3) is 11.3 Å². The molecule has 33 heavy (non-hydrogen) atoms. The van der Waals surface area contributed by atoms with Crippen LogP contribution in [0.2, 0.25) is 0 Å². The molecule has 2 N–H and O–H groups in total. The number of benzene rings is 1. The highest BCUT2D eigenvalue weighted by Gasteiger charge is 2.28. The number of morpholine rings is 1. The maximum atomic E-state index is 13.2. The standard InChI is InChI=1S/C24H26N6O3/c1-15-12-20(28-24(26-15)29(2)3)23(32)30-10-11-33-21(14-30)19-9-5-8-18(27-19)16-6-4-7-17(13-16)22(25)31/h4-9,12-13,21H,10-11,14H2,1-3H3,(H2,25,31)/t21-/m1/s1. The minimum absolute atomic E-state index is 0.165. The molecule has 1 aromatic carbocycles. The van der Waals surface area contributed by atoms with E-state index in [-0.39, 0.29) is 12.0 Å². The van der Waals surface area contributed by atoms with Crippen molar-refractivity contribution in [3.63, 3.8) is 0 Å². The van der Waals surface area contributed by atoms with E-state index in [4.69, 9.17) is 15.5 Å². The fourth-order valence-electron chi connectivity index (χ4n) is 3.66. The van der Waals surface area contributed by atoms with Gasteiger partial charge >= 0.3 is 0 Å². The molecule has 9 nitrogen and oxygen atoms in total. The first-order valence-electron chi connectivity index (χ1n) is 10.6. The van der Waals surface area contributed by atoms with Gasteiger partial charge in [-0.3, -0.25) is 9.59 Å². The Balaban J connectivity index is 1.56. The largest absolute Gasteiger partial charge is 0.368 e. The molecular weight excluding hydrogens is 420 g/mol. The highest BCUT2D eigenvalue weighted by atomic mass is 16.5. The minimum atomic E-state index is -0.491. The Bertz CT molecular complexity index is 1200. The summed E-state index contributed by atoms with van der Waals surface area (Å²) in [5, 5.41) is 0. The van der Waals surface area contributed by atoms with Crippen LogP contribution < -0.4 is 10.6 Å². The van der Waals surface area contributed by atoms with E-state index >= 15 is 0 Å². The van der Waals surface area contributed by atoms with E-state index in [1.807, 2.05) is 45.3 Å². The van der Waals surface area contributed by atoms with Crippen molar-refractivity contribution >= 4 is 17.8 Å². The molecule has 1 aliphatic rings. The molecule has 0 aliphatic carbocycles. The summed E-state index contributed by atoms with van der Waals surface area (Å²) >= 11 is 0. The molecule has 0 saturated carbocycles. The van der Waals surface area contributed by atoms with Crippen LogP contribution in [0.4, 0.5) is 5.95 Å². The molecule has 0 unspecified atom stereocenters. The molecule has 0 radical (unpaired) electrons. The number of carbonyl (C=O) groups is 2. The zero-order valence-corrected chi connectivity index (χ0v) is 18.9. The van der Waals surface area contributed by atoms with Crippen molar-refractivity contribution in [2.24, 2.45) is 5.73 Å². The first-order valence-corrected chi connectivity index (χ1v) is 10.6. The number of rotatable bonds is 5. The van der Waals surface area contributed by atoms with E-state index in [9.17, 15) is 9.59 Å². The third kappa shape index (κ3) is 4.98. The van der Waals surface area contributed by atoms with Crippen LogP contribution in [0.15, 0.2) is 48.5 Å². The van der Waals surface area contributed by atoms with Crippen LogP contribution in [-0.4, -0.2) is 65.5 Å². The lowest BCUT2D eigenvalue weighted by Gasteiger charge is -2.32. The summed E-state index contributed by atoms with van der Waals surface area (Å²) in [4.78, 5) is 41.7. The van der Waals surface area contributed by atoms with Gasteiger partial charge in [0.05, 0.1) is 24.5 Å². The van der Waals surface area contributed by atoms with Crippen LogP contribution in [0.3, 0.4) is 0 Å². The van der Waals surface area contributed by atoms with Gasteiger partial charge in [0.15, 0.2) is 0 Å². The van der Waals surface area contributed by atoms with E-state index in [0.717, 1.165) is 11.3 Å². The van der Waals surface area contributed by atoms with Crippen molar-refractivity contribution in [1.82, 2.24) is 19.9 Å². The highest BCUT2D eigenvalue weighted by molar-refractivity contribution is 5.94. The molecule has 1 aliphatic heterocycles. The van der Waals surface area contributed by atoms with Crippen molar-refractivity contribution in [2.75, 3.05) is 38.7 Å². The van der Waals surface area contributed by atoms with E-state index in [0.29, 0.717) is 48.3 Å². The van der Waals surface area contributed by atoms with Gasteiger partial charge in [-0.25, -0.2) is 15.0 Å². The lowest BCUT2D eigenvalue weighted by Crippen LogP contribution is -2.43. The fraction of sp³-hybridized carbons (Fsp3) is 0.292. The number of anilines is 1. The van der Waals surface area contributed by atoms with Gasteiger partial charge in [0.2, 0.25) is 11.9 Å². The van der Waals surface area contributed by atoms with E-state index in [1.54, 1.807) is 34.1 Å². The van der Waals surface area contributed by atoms with E-state index < -0.39 is 5.91 Å². The Hall–Kier alpha value is -3.85. The van der Waals surface area contributed by atoms with Crippen molar-refractivity contribution in [3.8, 4) is 11.3 Å². The summed E-state index contributed by atoms with van der Waals surface area (Å²) in [6.07, 6.45) is -0.377. The Kier molecular flexibility index (Phi) is 6.32. The molecule has 9 heteroatoms. The van der Waals surface area contributed by atoms with Gasteiger partial charge in [-0.15, -0.1) is 0 Å². The summed E-state index contributed by atoms with van der Waals surface area (Å²) in [6.45, 7) is 3.06. The maximum absolute atomic E-state index is 13.2. The van der Waals surface area contributed by atoms with Crippen LogP contribution in [0.1, 0.15) is 38.3 Å². The third-order valence-electron chi connectivity index (χ3n) is 5.36. The lowest BCUT2D eigenvalue weighted by molar-refractivity contribution is -0.0248. The molecule has 3 heterocycles. The van der Waals surface area contributed by atoms with Crippen molar-refractivity contribution < 1.29 is 14.3 Å². The molecule has 4 rings (SSSR count). The number of aromatic nitrogens is 3. The van der Waals surface area contributed by atoms with Crippen molar-refractivity contribution in [2.45, 2.75) is 13.0 Å². The predicted molar refractivity (Wildman–Crippen MR) is 124 cm³/mol. The molecule has 0 spiro atoms. The summed E-state index contributed by atoms with van der Waals surface area (Å²) in [5.41, 5.74) is 9.11. The number of hydrogen-bond acceptors (Lipinski definition) is 7. The molecule has 1 fully saturated rings.